The number of para-hydroxylation sites is 1. The van der Waals surface area contributed by atoms with Crippen molar-refractivity contribution in [3.05, 3.63) is 66.2 Å². The first-order valence-electron chi connectivity index (χ1n) is 5.32. The molecule has 2 aromatic rings. The lowest BCUT2D eigenvalue weighted by atomic mass is 10.2. The van der Waals surface area contributed by atoms with E-state index in [1.54, 1.807) is 0 Å². The highest BCUT2D eigenvalue weighted by Crippen LogP contribution is 2.17. The zero-order valence-electron chi connectivity index (χ0n) is 10.2. The van der Waals surface area contributed by atoms with E-state index in [9.17, 15) is 4.57 Å². The minimum absolute atomic E-state index is 0. The number of rotatable bonds is 3. The highest BCUT2D eigenvalue weighted by atomic mass is 31.1. The van der Waals surface area contributed by atoms with Crippen molar-refractivity contribution >= 4 is 13.9 Å². The zero-order valence-corrected chi connectivity index (χ0v) is 11.1. The maximum absolute atomic E-state index is 10.1. The van der Waals surface area contributed by atoms with E-state index in [1.807, 2.05) is 60.7 Å². The van der Waals surface area contributed by atoms with Gasteiger partial charge < -0.3 is 5.73 Å². The molecular formula is C13H16FNO3P+. The van der Waals surface area contributed by atoms with Gasteiger partial charge in [-0.1, -0.05) is 48.5 Å². The van der Waals surface area contributed by atoms with Gasteiger partial charge in [0, 0.05) is 10.3 Å². The van der Waals surface area contributed by atoms with Gasteiger partial charge in [0.15, 0.2) is 0 Å². The molecule has 4 nitrogen and oxygen atoms in total. The summed E-state index contributed by atoms with van der Waals surface area (Å²) in [6, 6.07) is 18.7. The third-order valence-electron chi connectivity index (χ3n) is 1.98. The lowest BCUT2D eigenvalue weighted by molar-refractivity contribution is 0.272. The summed E-state index contributed by atoms with van der Waals surface area (Å²) >= 11 is 0. The highest BCUT2D eigenvalue weighted by molar-refractivity contribution is 7.32. The molecule has 19 heavy (non-hydrogen) atoms. The van der Waals surface area contributed by atoms with Crippen LogP contribution in [0, 0.1) is 0 Å². The minimum atomic E-state index is -2.47. The van der Waals surface area contributed by atoms with Crippen LogP contribution in [0.25, 0.3) is 0 Å². The Morgan fingerprint density at radius 1 is 1.00 bits per heavy atom. The Kier molecular flexibility index (Phi) is 9.18. The molecule has 0 aromatic heterocycles. The van der Waals surface area contributed by atoms with Crippen LogP contribution in [-0.4, -0.2) is 4.89 Å². The third-order valence-corrected chi connectivity index (χ3v) is 2.33. The van der Waals surface area contributed by atoms with Gasteiger partial charge in [0.25, 0.3) is 0 Å². The average Bonchev–Trinajstić information content (AvgIpc) is 2.39. The monoisotopic (exact) mass is 284 g/mol. The van der Waals surface area contributed by atoms with Gasteiger partial charge in [-0.25, -0.2) is 0 Å². The van der Waals surface area contributed by atoms with Crippen LogP contribution in [0.3, 0.4) is 0 Å². The number of benzene rings is 2. The summed E-state index contributed by atoms with van der Waals surface area (Å²) in [5, 5.41) is 0. The van der Waals surface area contributed by atoms with Gasteiger partial charge in [-0.05, 0) is 17.7 Å². The van der Waals surface area contributed by atoms with Crippen LogP contribution in [0.1, 0.15) is 5.56 Å². The van der Waals surface area contributed by atoms with Crippen LogP contribution in [0.5, 0.6) is 0 Å². The van der Waals surface area contributed by atoms with E-state index in [1.165, 1.54) is 0 Å². The maximum Gasteiger partial charge on any atom is 0.695 e. The maximum atomic E-state index is 10.1. The number of nitrogen functional groups attached to an aromatic ring is 1. The van der Waals surface area contributed by atoms with Crippen LogP contribution in [0.2, 0.25) is 0 Å². The molecule has 0 aliphatic heterocycles. The third kappa shape index (κ3) is 8.85. The largest absolute Gasteiger partial charge is 0.695 e. The Morgan fingerprint density at radius 2 is 1.47 bits per heavy atom. The molecule has 1 unspecified atom stereocenters. The average molecular weight is 284 g/mol. The molecule has 2 aromatic carbocycles. The van der Waals surface area contributed by atoms with E-state index >= 15 is 0 Å². The van der Waals surface area contributed by atoms with Crippen molar-refractivity contribution in [1.29, 1.82) is 0 Å². The summed E-state index contributed by atoms with van der Waals surface area (Å²) in [5.74, 6) is 0. The molecule has 102 valence electrons. The number of halogens is 1. The topological polar surface area (TPSA) is 72.6 Å². The molecule has 0 bridgehead atoms. The lowest BCUT2D eigenvalue weighted by Gasteiger charge is -1.90. The molecule has 0 aliphatic carbocycles. The Labute approximate surface area is 112 Å². The molecule has 2 rings (SSSR count). The van der Waals surface area contributed by atoms with Crippen molar-refractivity contribution in [2.75, 3.05) is 5.73 Å². The van der Waals surface area contributed by atoms with Crippen LogP contribution >= 0.6 is 8.25 Å². The summed E-state index contributed by atoms with van der Waals surface area (Å²) in [6.07, 6.45) is 0. The van der Waals surface area contributed by atoms with Crippen LogP contribution in [0.4, 0.5) is 10.4 Å². The van der Waals surface area contributed by atoms with Crippen molar-refractivity contribution in [2.24, 2.45) is 0 Å². The second-order valence-corrected chi connectivity index (χ2v) is 4.14. The summed E-state index contributed by atoms with van der Waals surface area (Å²) < 4.78 is 14.6. The van der Waals surface area contributed by atoms with Gasteiger partial charge in [-0.15, -0.1) is 9.42 Å². The summed E-state index contributed by atoms with van der Waals surface area (Å²) in [5.41, 5.74) is 7.07. The first-order chi connectivity index (χ1) is 8.68. The van der Waals surface area contributed by atoms with E-state index < -0.39 is 8.25 Å². The van der Waals surface area contributed by atoms with Gasteiger partial charge in [0.05, 0.1) is 0 Å². The quantitative estimate of drug-likeness (QED) is 0.670. The van der Waals surface area contributed by atoms with E-state index in [4.69, 9.17) is 10.6 Å². The predicted molar refractivity (Wildman–Crippen MR) is 74.4 cm³/mol. The van der Waals surface area contributed by atoms with E-state index in [-0.39, 0.29) is 11.3 Å². The SMILES string of the molecule is F.Nc1ccccc1.O=[P+](O)OCc1ccccc1. The van der Waals surface area contributed by atoms with Crippen molar-refractivity contribution < 1.29 is 18.7 Å². The molecule has 3 N–H and O–H groups in total. The first-order valence-corrected chi connectivity index (χ1v) is 6.45. The molecule has 0 aliphatic rings. The molecule has 0 amide bonds. The molecule has 0 spiro atoms. The molecule has 1 atom stereocenters. The number of hydrogen-bond donors (Lipinski definition) is 2. The summed E-state index contributed by atoms with van der Waals surface area (Å²) in [7, 11) is -2.47. The summed E-state index contributed by atoms with van der Waals surface area (Å²) in [6.45, 7) is 0.187. The minimum Gasteiger partial charge on any atom is -0.399 e. The fourth-order valence-corrected chi connectivity index (χ4v) is 1.42. The van der Waals surface area contributed by atoms with Gasteiger partial charge in [0.1, 0.15) is 6.61 Å². The first kappa shape index (κ1) is 17.2. The second-order valence-electron chi connectivity index (χ2n) is 3.41. The summed E-state index contributed by atoms with van der Waals surface area (Å²) in [4.78, 5) is 8.30. The molecule has 6 heteroatoms. The molecule has 0 saturated carbocycles. The van der Waals surface area contributed by atoms with Crippen molar-refractivity contribution in [2.45, 2.75) is 6.61 Å². The Bertz CT molecular complexity index is 468. The molecule has 0 heterocycles. The van der Waals surface area contributed by atoms with Gasteiger partial charge in [0.2, 0.25) is 0 Å². The number of hydrogen-bond acceptors (Lipinski definition) is 3. The Balaban J connectivity index is 0.000000352. The van der Waals surface area contributed by atoms with Crippen molar-refractivity contribution in [3.63, 3.8) is 0 Å². The molecule has 0 saturated heterocycles. The lowest BCUT2D eigenvalue weighted by Crippen LogP contribution is -1.83. The van der Waals surface area contributed by atoms with Gasteiger partial charge in [-0.2, -0.15) is 0 Å². The van der Waals surface area contributed by atoms with Crippen LogP contribution in [0.15, 0.2) is 60.7 Å². The van der Waals surface area contributed by atoms with E-state index in [0.29, 0.717) is 0 Å². The molecule has 0 radical (unpaired) electrons. The van der Waals surface area contributed by atoms with Crippen LogP contribution < -0.4 is 5.73 Å². The fourth-order valence-electron chi connectivity index (χ4n) is 1.16. The van der Waals surface area contributed by atoms with Gasteiger partial charge in [-0.3, -0.25) is 4.70 Å². The van der Waals surface area contributed by atoms with E-state index in [2.05, 4.69) is 4.52 Å². The normalized spacial score (nSPS) is 9.63. The predicted octanol–water partition coefficient (Wildman–Crippen LogP) is 3.27. The van der Waals surface area contributed by atoms with E-state index in [0.717, 1.165) is 11.3 Å². The molecular weight excluding hydrogens is 268 g/mol. The Morgan fingerprint density at radius 3 is 1.84 bits per heavy atom. The second kappa shape index (κ2) is 10.1. The van der Waals surface area contributed by atoms with Crippen molar-refractivity contribution in [1.82, 2.24) is 0 Å². The Hall–Kier alpha value is -1.81. The standard InChI is InChI=1S/C7H7O3P.C6H7N.FH/c8-11(9)10-6-7-4-2-1-3-5-7;7-6-4-2-1-3-5-6;/h1-5H,6H2;1-5H,7H2;1H/p+1. The smallest absolute Gasteiger partial charge is 0.399 e. The number of anilines is 1. The fraction of sp³-hybridized carbons (Fsp3) is 0.0769. The van der Waals surface area contributed by atoms with Crippen LogP contribution in [-0.2, 0) is 15.7 Å². The van der Waals surface area contributed by atoms with Crippen molar-refractivity contribution in [3.8, 4) is 0 Å². The highest BCUT2D eigenvalue weighted by Gasteiger charge is 2.10. The van der Waals surface area contributed by atoms with Gasteiger partial charge >= 0.3 is 8.25 Å². The zero-order chi connectivity index (χ0) is 13.2. The number of nitrogens with two attached hydrogens (primary N) is 1. The molecule has 0 fully saturated rings.